The minimum Gasteiger partial charge on any atom is -0.497 e. The van der Waals surface area contributed by atoms with Crippen LogP contribution >= 0.6 is 0 Å². The smallest absolute Gasteiger partial charge is 0.246 e. The first kappa shape index (κ1) is 27.6. The normalized spacial score (nSPS) is 14.7. The van der Waals surface area contributed by atoms with Crippen LogP contribution in [-0.2, 0) is 24.8 Å². The van der Waals surface area contributed by atoms with E-state index in [2.05, 4.69) is 5.32 Å². The second-order valence-electron chi connectivity index (χ2n) is 8.19. The van der Waals surface area contributed by atoms with Gasteiger partial charge in [0.05, 0.1) is 33.3 Å². The number of nitrogens with one attached hydrogen (secondary N) is 1. The molecule has 1 aliphatic rings. The summed E-state index contributed by atoms with van der Waals surface area (Å²) in [4.78, 5) is 12.9. The van der Waals surface area contributed by atoms with E-state index in [1.54, 1.807) is 6.07 Å². The van der Waals surface area contributed by atoms with Crippen LogP contribution in [0, 0.1) is 0 Å². The standard InChI is InChI=1S/C23H31N3O8S2/c1-32-18-9-11-20(33-2)19(15-18)26(35(4,28)29)16-23(27)24-17-8-10-21(34-3)22(14-17)36(30,31)25-12-6-5-7-13-25/h8-11,14-15H,5-7,12-13,16H2,1-4H3,(H,24,27). The van der Waals surface area contributed by atoms with Crippen LogP contribution in [0.1, 0.15) is 19.3 Å². The summed E-state index contributed by atoms with van der Waals surface area (Å²) in [6.07, 6.45) is 3.48. The number of benzene rings is 2. The Morgan fingerprint density at radius 1 is 0.917 bits per heavy atom. The van der Waals surface area contributed by atoms with E-state index >= 15 is 0 Å². The van der Waals surface area contributed by atoms with E-state index in [1.165, 1.54) is 56.0 Å². The third kappa shape index (κ3) is 6.20. The Bertz CT molecular complexity index is 1310. The van der Waals surface area contributed by atoms with Crippen molar-refractivity contribution in [2.24, 2.45) is 0 Å². The van der Waals surface area contributed by atoms with Gasteiger partial charge in [-0.3, -0.25) is 9.10 Å². The maximum atomic E-state index is 13.3. The predicted molar refractivity (Wildman–Crippen MR) is 136 cm³/mol. The molecule has 0 aromatic heterocycles. The Balaban J connectivity index is 1.90. The van der Waals surface area contributed by atoms with Gasteiger partial charge in [-0.05, 0) is 43.2 Å². The fourth-order valence-electron chi connectivity index (χ4n) is 3.90. The summed E-state index contributed by atoms with van der Waals surface area (Å²) in [7, 11) is -3.57. The summed E-state index contributed by atoms with van der Waals surface area (Å²) in [6, 6.07) is 8.84. The summed E-state index contributed by atoms with van der Waals surface area (Å²) in [5, 5.41) is 2.59. The minimum absolute atomic E-state index is 0.0702. The topological polar surface area (TPSA) is 132 Å². The van der Waals surface area contributed by atoms with Gasteiger partial charge in [0.15, 0.2) is 0 Å². The molecule has 13 heteroatoms. The van der Waals surface area contributed by atoms with E-state index < -0.39 is 32.5 Å². The summed E-state index contributed by atoms with van der Waals surface area (Å²) >= 11 is 0. The molecule has 0 saturated carbocycles. The Morgan fingerprint density at radius 3 is 2.14 bits per heavy atom. The lowest BCUT2D eigenvalue weighted by Crippen LogP contribution is -2.38. The summed E-state index contributed by atoms with van der Waals surface area (Å²) in [6.45, 7) is 0.240. The van der Waals surface area contributed by atoms with Gasteiger partial charge in [-0.2, -0.15) is 4.31 Å². The number of anilines is 2. The van der Waals surface area contributed by atoms with Crippen molar-refractivity contribution >= 4 is 37.3 Å². The average Bonchev–Trinajstić information content (AvgIpc) is 2.86. The van der Waals surface area contributed by atoms with Crippen molar-refractivity contribution in [1.82, 2.24) is 4.31 Å². The van der Waals surface area contributed by atoms with Gasteiger partial charge in [-0.15, -0.1) is 0 Å². The molecular formula is C23H31N3O8S2. The van der Waals surface area contributed by atoms with Crippen molar-refractivity contribution in [3.8, 4) is 17.2 Å². The maximum Gasteiger partial charge on any atom is 0.246 e. The zero-order valence-corrected chi connectivity index (χ0v) is 22.3. The van der Waals surface area contributed by atoms with Crippen LogP contribution in [0.15, 0.2) is 41.3 Å². The number of methoxy groups -OCH3 is 3. The third-order valence-corrected chi connectivity index (χ3v) is 8.77. The lowest BCUT2D eigenvalue weighted by molar-refractivity contribution is -0.114. The molecule has 11 nitrogen and oxygen atoms in total. The number of nitrogens with zero attached hydrogens (tertiary/aromatic N) is 2. The number of carbonyl (C=O) groups excluding carboxylic acids is 1. The Labute approximate surface area is 212 Å². The molecule has 0 radical (unpaired) electrons. The van der Waals surface area contributed by atoms with Crippen LogP contribution in [0.25, 0.3) is 0 Å². The molecular weight excluding hydrogens is 510 g/mol. The second kappa shape index (κ2) is 11.4. The van der Waals surface area contributed by atoms with E-state index in [4.69, 9.17) is 14.2 Å². The van der Waals surface area contributed by atoms with Crippen LogP contribution in [-0.4, -0.2) is 74.3 Å². The van der Waals surface area contributed by atoms with Crippen molar-refractivity contribution in [3.63, 3.8) is 0 Å². The number of hydrogen-bond acceptors (Lipinski definition) is 8. The fourth-order valence-corrected chi connectivity index (χ4v) is 6.45. The van der Waals surface area contributed by atoms with Gasteiger partial charge in [-0.25, -0.2) is 16.8 Å². The Hall–Kier alpha value is -3.03. The van der Waals surface area contributed by atoms with Crippen molar-refractivity contribution in [2.45, 2.75) is 24.2 Å². The first-order valence-corrected chi connectivity index (χ1v) is 14.5. The highest BCUT2D eigenvalue weighted by molar-refractivity contribution is 7.92. The number of ether oxygens (including phenoxy) is 3. The molecule has 1 heterocycles. The minimum atomic E-state index is -3.91. The molecule has 198 valence electrons. The van der Waals surface area contributed by atoms with E-state index in [-0.39, 0.29) is 27.8 Å². The van der Waals surface area contributed by atoms with Gasteiger partial charge < -0.3 is 19.5 Å². The van der Waals surface area contributed by atoms with Crippen LogP contribution in [0.4, 0.5) is 11.4 Å². The van der Waals surface area contributed by atoms with Crippen LogP contribution in [0.2, 0.25) is 0 Å². The largest absolute Gasteiger partial charge is 0.497 e. The van der Waals surface area contributed by atoms with E-state index in [9.17, 15) is 21.6 Å². The second-order valence-corrected chi connectivity index (χ2v) is 12.0. The van der Waals surface area contributed by atoms with Crippen molar-refractivity contribution < 1.29 is 35.8 Å². The SMILES string of the molecule is COc1ccc(OC)c(N(CC(=O)Nc2ccc(OC)c(S(=O)(=O)N3CCCCC3)c2)S(C)(=O)=O)c1. The number of hydrogen-bond donors (Lipinski definition) is 1. The predicted octanol–water partition coefficient (Wildman–Crippen LogP) is 2.29. The van der Waals surface area contributed by atoms with Gasteiger partial charge in [0, 0.05) is 24.8 Å². The first-order valence-electron chi connectivity index (χ1n) is 11.2. The number of sulfonamides is 2. The zero-order chi connectivity index (χ0) is 26.5. The van der Waals surface area contributed by atoms with Gasteiger partial charge >= 0.3 is 0 Å². The molecule has 0 aliphatic carbocycles. The highest BCUT2D eigenvalue weighted by atomic mass is 32.2. The molecule has 1 fully saturated rings. The third-order valence-electron chi connectivity index (χ3n) is 5.72. The Kier molecular flexibility index (Phi) is 8.69. The Morgan fingerprint density at radius 2 is 1.56 bits per heavy atom. The fraction of sp³-hybridized carbons (Fsp3) is 0.435. The molecule has 1 saturated heterocycles. The first-order chi connectivity index (χ1) is 17.0. The van der Waals surface area contributed by atoms with Gasteiger partial charge in [0.1, 0.15) is 28.7 Å². The highest BCUT2D eigenvalue weighted by Crippen LogP contribution is 2.34. The van der Waals surface area contributed by atoms with Crippen molar-refractivity contribution in [2.75, 3.05) is 56.8 Å². The lowest BCUT2D eigenvalue weighted by Gasteiger charge is -2.27. The zero-order valence-electron chi connectivity index (χ0n) is 20.7. The highest BCUT2D eigenvalue weighted by Gasteiger charge is 2.30. The van der Waals surface area contributed by atoms with Gasteiger partial charge in [-0.1, -0.05) is 6.42 Å². The molecule has 1 N–H and O–H groups in total. The van der Waals surface area contributed by atoms with E-state index in [0.29, 0.717) is 18.8 Å². The average molecular weight is 542 g/mol. The lowest BCUT2D eigenvalue weighted by atomic mass is 10.2. The quantitative estimate of drug-likeness (QED) is 0.485. The number of amides is 1. The molecule has 36 heavy (non-hydrogen) atoms. The molecule has 1 aliphatic heterocycles. The summed E-state index contributed by atoms with van der Waals surface area (Å²) in [5.41, 5.74) is 0.306. The maximum absolute atomic E-state index is 13.3. The molecule has 0 unspecified atom stereocenters. The molecule has 3 rings (SSSR count). The molecule has 1 amide bonds. The molecule has 2 aromatic carbocycles. The van der Waals surface area contributed by atoms with Crippen LogP contribution in [0.3, 0.4) is 0 Å². The van der Waals surface area contributed by atoms with E-state index in [0.717, 1.165) is 29.8 Å². The number of carbonyl (C=O) groups is 1. The molecule has 0 atom stereocenters. The van der Waals surface area contributed by atoms with Crippen molar-refractivity contribution in [1.29, 1.82) is 0 Å². The van der Waals surface area contributed by atoms with Gasteiger partial charge in [0.2, 0.25) is 26.0 Å². The van der Waals surface area contributed by atoms with Crippen LogP contribution in [0.5, 0.6) is 17.2 Å². The summed E-state index contributed by atoms with van der Waals surface area (Å²) < 4.78 is 69.7. The summed E-state index contributed by atoms with van der Waals surface area (Å²) in [5.74, 6) is 0.0743. The number of piperidine rings is 1. The molecule has 0 spiro atoms. The van der Waals surface area contributed by atoms with Gasteiger partial charge in [0.25, 0.3) is 0 Å². The monoisotopic (exact) mass is 541 g/mol. The van der Waals surface area contributed by atoms with E-state index in [1.807, 2.05) is 0 Å². The molecule has 0 bridgehead atoms. The van der Waals surface area contributed by atoms with Crippen molar-refractivity contribution in [3.05, 3.63) is 36.4 Å². The van der Waals surface area contributed by atoms with Crippen LogP contribution < -0.4 is 23.8 Å². The molecule has 2 aromatic rings. The number of rotatable bonds is 10.